The van der Waals surface area contributed by atoms with Crippen molar-refractivity contribution in [3.8, 4) is 0 Å². The van der Waals surface area contributed by atoms with Crippen LogP contribution in [0.4, 0.5) is 18.0 Å². The van der Waals surface area contributed by atoms with E-state index in [1.807, 2.05) is 34.7 Å². The summed E-state index contributed by atoms with van der Waals surface area (Å²) in [5.41, 5.74) is 1.80. The molecule has 5 heterocycles. The average molecular weight is 556 g/mol. The van der Waals surface area contributed by atoms with Crippen molar-refractivity contribution < 1.29 is 27.9 Å². The standard InChI is InChI=1S/C23H31N5O2S.C2HF3O2/c1-15(2)24-22(30)27-10-7-23(14-27)8-11-28-20(29)18-13-26(9-6-19(18)25-21(23)28)12-17-5-4-16(3)31-17;3-2(4,5)1(6)7/h4-5,15H,6-14H2,1-3H3,(H,24,30);(H,6,7). The molecule has 0 aliphatic carbocycles. The summed E-state index contributed by atoms with van der Waals surface area (Å²) in [5, 5.41) is 10.1. The minimum absolute atomic E-state index is 0.00918. The van der Waals surface area contributed by atoms with E-state index in [2.05, 4.69) is 29.3 Å². The summed E-state index contributed by atoms with van der Waals surface area (Å²) >= 11 is 1.83. The number of carboxylic acid groups (broad SMARTS) is 1. The van der Waals surface area contributed by atoms with Gasteiger partial charge in [0, 0.05) is 66.9 Å². The van der Waals surface area contributed by atoms with Crippen molar-refractivity contribution >= 4 is 23.3 Å². The van der Waals surface area contributed by atoms with Crippen molar-refractivity contribution in [2.24, 2.45) is 0 Å². The van der Waals surface area contributed by atoms with Gasteiger partial charge >= 0.3 is 18.2 Å². The second-order valence-corrected chi connectivity index (χ2v) is 11.8. The maximum atomic E-state index is 13.4. The number of nitrogens with one attached hydrogen (secondary N) is 1. The van der Waals surface area contributed by atoms with Gasteiger partial charge < -0.3 is 15.3 Å². The van der Waals surface area contributed by atoms with Crippen LogP contribution in [0, 0.1) is 6.92 Å². The van der Waals surface area contributed by atoms with Gasteiger partial charge in [-0.05, 0) is 45.7 Å². The fourth-order valence-corrected chi connectivity index (χ4v) is 6.25. The number of hydrogen-bond acceptors (Lipinski definition) is 6. The van der Waals surface area contributed by atoms with Gasteiger partial charge in [-0.1, -0.05) is 0 Å². The first-order valence-corrected chi connectivity index (χ1v) is 13.4. The van der Waals surface area contributed by atoms with Crippen molar-refractivity contribution in [1.29, 1.82) is 0 Å². The van der Waals surface area contributed by atoms with E-state index in [0.29, 0.717) is 19.6 Å². The number of amides is 2. The molecule has 1 saturated heterocycles. The first-order valence-electron chi connectivity index (χ1n) is 12.6. The third-order valence-electron chi connectivity index (χ3n) is 7.15. The third kappa shape index (κ3) is 5.88. The van der Waals surface area contributed by atoms with Crippen LogP contribution >= 0.6 is 11.3 Å². The van der Waals surface area contributed by atoms with Crippen molar-refractivity contribution in [2.75, 3.05) is 19.6 Å². The number of carbonyl (C=O) groups excluding carboxylic acids is 1. The van der Waals surface area contributed by atoms with Gasteiger partial charge in [0.1, 0.15) is 5.82 Å². The SMILES string of the molecule is Cc1ccc(CN2CCc3nc4n(c(=O)c3C2)CCC42CCN(C(=O)NC(C)C)C2)s1.O=C(O)C(F)(F)F. The predicted molar refractivity (Wildman–Crippen MR) is 135 cm³/mol. The van der Waals surface area contributed by atoms with Gasteiger partial charge in [-0.25, -0.2) is 14.6 Å². The summed E-state index contributed by atoms with van der Waals surface area (Å²) in [7, 11) is 0. The largest absolute Gasteiger partial charge is 0.490 e. The Morgan fingerprint density at radius 2 is 1.89 bits per heavy atom. The molecule has 2 N–H and O–H groups in total. The number of fused-ring (bicyclic) bond motifs is 3. The zero-order chi connectivity index (χ0) is 27.8. The number of rotatable bonds is 3. The molecule has 0 radical (unpaired) electrons. The number of urea groups is 1. The number of carboxylic acids is 1. The second-order valence-electron chi connectivity index (χ2n) is 10.4. The first kappa shape index (κ1) is 28.1. The van der Waals surface area contributed by atoms with Crippen LogP contribution in [0.1, 0.15) is 53.5 Å². The Hall–Kier alpha value is -2.93. The van der Waals surface area contributed by atoms with Crippen LogP contribution in [0.15, 0.2) is 16.9 Å². The average Bonchev–Trinajstić information content (AvgIpc) is 3.54. The van der Waals surface area contributed by atoms with E-state index in [-0.39, 0.29) is 23.0 Å². The molecule has 13 heteroatoms. The summed E-state index contributed by atoms with van der Waals surface area (Å²) in [6.07, 6.45) is -2.49. The van der Waals surface area contributed by atoms with Gasteiger partial charge in [-0.3, -0.25) is 14.3 Å². The smallest absolute Gasteiger partial charge is 0.475 e. The summed E-state index contributed by atoms with van der Waals surface area (Å²) in [6.45, 7) is 10.7. The molecule has 5 rings (SSSR count). The fraction of sp³-hybridized carbons (Fsp3) is 0.600. The normalized spacial score (nSPS) is 20.8. The molecule has 3 aliphatic rings. The molecule has 9 nitrogen and oxygen atoms in total. The minimum Gasteiger partial charge on any atom is -0.475 e. The molecule has 38 heavy (non-hydrogen) atoms. The molecular weight excluding hydrogens is 523 g/mol. The summed E-state index contributed by atoms with van der Waals surface area (Å²) < 4.78 is 33.6. The van der Waals surface area contributed by atoms with Crippen LogP contribution in [0.25, 0.3) is 0 Å². The molecule has 1 fully saturated rings. The third-order valence-corrected chi connectivity index (χ3v) is 8.14. The van der Waals surface area contributed by atoms with Gasteiger partial charge in [0.2, 0.25) is 0 Å². The van der Waals surface area contributed by atoms with E-state index >= 15 is 0 Å². The van der Waals surface area contributed by atoms with Crippen molar-refractivity contribution in [3.05, 3.63) is 49.3 Å². The summed E-state index contributed by atoms with van der Waals surface area (Å²) in [5.74, 6) is -1.84. The van der Waals surface area contributed by atoms with Gasteiger partial charge in [-0.15, -0.1) is 11.3 Å². The number of likely N-dealkylation sites (tertiary alicyclic amines) is 1. The summed E-state index contributed by atoms with van der Waals surface area (Å²) in [4.78, 5) is 46.8. The quantitative estimate of drug-likeness (QED) is 0.602. The van der Waals surface area contributed by atoms with Crippen molar-refractivity contribution in [3.63, 3.8) is 0 Å². The van der Waals surface area contributed by atoms with E-state index in [9.17, 15) is 22.8 Å². The Morgan fingerprint density at radius 3 is 2.50 bits per heavy atom. The van der Waals surface area contributed by atoms with Crippen LogP contribution in [0.2, 0.25) is 0 Å². The number of aryl methyl sites for hydroxylation is 1. The molecule has 208 valence electrons. The lowest BCUT2D eigenvalue weighted by atomic mass is 9.85. The Balaban J connectivity index is 0.000000426. The molecule has 0 bridgehead atoms. The molecule has 3 aliphatic heterocycles. The molecule has 1 atom stereocenters. The molecule has 2 aromatic heterocycles. The molecular formula is C25H32F3N5O4S. The van der Waals surface area contributed by atoms with E-state index in [1.54, 1.807) is 0 Å². The highest BCUT2D eigenvalue weighted by Crippen LogP contribution is 2.41. The number of hydrogen-bond donors (Lipinski definition) is 2. The lowest BCUT2D eigenvalue weighted by molar-refractivity contribution is -0.192. The lowest BCUT2D eigenvalue weighted by Crippen LogP contribution is -2.43. The lowest BCUT2D eigenvalue weighted by Gasteiger charge is -2.29. The maximum Gasteiger partial charge on any atom is 0.490 e. The molecule has 1 unspecified atom stereocenters. The van der Waals surface area contributed by atoms with E-state index in [4.69, 9.17) is 14.9 Å². The van der Waals surface area contributed by atoms with E-state index in [0.717, 1.165) is 56.0 Å². The topological polar surface area (TPSA) is 108 Å². The first-order chi connectivity index (χ1) is 17.8. The number of nitrogens with zero attached hydrogens (tertiary/aromatic N) is 4. The number of halogens is 3. The van der Waals surface area contributed by atoms with Gasteiger partial charge in [0.05, 0.1) is 11.3 Å². The van der Waals surface area contributed by atoms with E-state index in [1.165, 1.54) is 9.75 Å². The van der Waals surface area contributed by atoms with Crippen molar-refractivity contribution in [2.45, 2.75) is 77.3 Å². The highest BCUT2D eigenvalue weighted by Gasteiger charge is 2.48. The fourth-order valence-electron chi connectivity index (χ4n) is 5.32. The van der Waals surface area contributed by atoms with Gasteiger partial charge in [0.25, 0.3) is 5.56 Å². The van der Waals surface area contributed by atoms with Gasteiger partial charge in [-0.2, -0.15) is 13.2 Å². The molecule has 2 aromatic rings. The Labute approximate surface area is 222 Å². The van der Waals surface area contributed by atoms with Crippen molar-refractivity contribution in [1.82, 2.24) is 24.7 Å². The number of aromatic nitrogens is 2. The summed E-state index contributed by atoms with van der Waals surface area (Å²) in [6, 6.07) is 4.46. The predicted octanol–water partition coefficient (Wildman–Crippen LogP) is 3.27. The minimum atomic E-state index is -5.08. The van der Waals surface area contributed by atoms with E-state index < -0.39 is 12.1 Å². The Morgan fingerprint density at radius 1 is 1.21 bits per heavy atom. The molecule has 2 amide bonds. The number of alkyl halides is 3. The maximum absolute atomic E-state index is 13.4. The van der Waals surface area contributed by atoms with Crippen LogP contribution in [0.3, 0.4) is 0 Å². The Bertz CT molecular complexity index is 1270. The number of aliphatic carboxylic acids is 1. The zero-order valence-electron chi connectivity index (χ0n) is 21.6. The molecule has 0 saturated carbocycles. The Kier molecular flexibility index (Phi) is 7.89. The van der Waals surface area contributed by atoms with Crippen LogP contribution in [0.5, 0.6) is 0 Å². The second kappa shape index (κ2) is 10.7. The molecule has 0 aromatic carbocycles. The van der Waals surface area contributed by atoms with Crippen LogP contribution < -0.4 is 10.9 Å². The van der Waals surface area contributed by atoms with Crippen LogP contribution in [-0.2, 0) is 36.3 Å². The monoisotopic (exact) mass is 555 g/mol. The van der Waals surface area contributed by atoms with Crippen LogP contribution in [-0.4, -0.2) is 68.3 Å². The number of carbonyl (C=O) groups is 2. The van der Waals surface area contributed by atoms with Gasteiger partial charge in [0.15, 0.2) is 0 Å². The highest BCUT2D eigenvalue weighted by molar-refractivity contribution is 7.11. The molecule has 1 spiro atoms. The zero-order valence-corrected chi connectivity index (χ0v) is 22.4. The highest BCUT2D eigenvalue weighted by atomic mass is 32.1. The number of thiophene rings is 1.